The number of hydrogen-bond donors (Lipinski definition) is 2. The lowest BCUT2D eigenvalue weighted by Gasteiger charge is -2.15. The Morgan fingerprint density at radius 2 is 1.52 bits per heavy atom. The quantitative estimate of drug-likeness (QED) is 0.336. The van der Waals surface area contributed by atoms with E-state index in [-0.39, 0.29) is 43.0 Å². The highest BCUT2D eigenvalue weighted by atomic mass is 16.5. The van der Waals surface area contributed by atoms with Crippen LogP contribution in [0.1, 0.15) is 61.2 Å². The Morgan fingerprint density at radius 1 is 0.939 bits per heavy atom. The maximum atomic E-state index is 11.5. The first kappa shape index (κ1) is 27.1. The molecule has 1 aromatic rings. The van der Waals surface area contributed by atoms with Crippen molar-refractivity contribution in [2.45, 2.75) is 52.4 Å². The number of fused-ring (bicyclic) bond motifs is 1. The molecule has 2 aliphatic heterocycles. The minimum absolute atomic E-state index is 0.0514. The van der Waals surface area contributed by atoms with Crippen molar-refractivity contribution in [3.05, 3.63) is 33.4 Å². The average Bonchev–Trinajstić information content (AvgIpc) is 2.72. The second kappa shape index (κ2) is 12.8. The number of nitrogens with one attached hydrogen (secondary N) is 2. The molecule has 0 unspecified atom stereocenters. The highest BCUT2D eigenvalue weighted by Crippen LogP contribution is 2.17. The molecule has 0 spiro atoms. The third kappa shape index (κ3) is 8.97. The van der Waals surface area contributed by atoms with E-state index in [0.717, 1.165) is 0 Å². The van der Waals surface area contributed by atoms with Crippen molar-refractivity contribution in [2.75, 3.05) is 7.11 Å². The van der Waals surface area contributed by atoms with Crippen LogP contribution in [0.2, 0.25) is 0 Å². The predicted molar refractivity (Wildman–Crippen MR) is 110 cm³/mol. The summed E-state index contributed by atoms with van der Waals surface area (Å²) in [5.41, 5.74) is 0.427. The monoisotopic (exact) mass is 464 g/mol. The number of ketones is 2. The summed E-state index contributed by atoms with van der Waals surface area (Å²) in [5, 5.41) is 4.20. The molecule has 0 aromatic carbocycles. The van der Waals surface area contributed by atoms with E-state index in [4.69, 9.17) is 4.42 Å². The number of methoxy groups -OCH3 is 1. The number of rotatable bonds is 4. The molecule has 4 amide bonds. The Hall–Kier alpha value is -3.96. The summed E-state index contributed by atoms with van der Waals surface area (Å²) in [7, 11) is 1.27. The van der Waals surface area contributed by atoms with Crippen LogP contribution in [0.3, 0.4) is 0 Å². The van der Waals surface area contributed by atoms with Crippen LogP contribution in [0.25, 0.3) is 0 Å². The van der Waals surface area contributed by atoms with Gasteiger partial charge in [-0.25, -0.2) is 4.79 Å². The van der Waals surface area contributed by atoms with Gasteiger partial charge in [-0.15, -0.1) is 0 Å². The Kier molecular flexibility index (Phi) is 10.5. The number of hydrogen-bond acceptors (Lipinski definition) is 10. The molecule has 0 saturated carbocycles. The van der Waals surface area contributed by atoms with Crippen LogP contribution < -0.4 is 16.3 Å². The van der Waals surface area contributed by atoms with Gasteiger partial charge in [0.15, 0.2) is 5.78 Å². The van der Waals surface area contributed by atoms with E-state index in [9.17, 15) is 38.4 Å². The first-order chi connectivity index (χ1) is 15.5. The van der Waals surface area contributed by atoms with Crippen molar-refractivity contribution in [3.8, 4) is 0 Å². The number of carbonyl (C=O) groups is 7. The smallest absolute Gasteiger partial charge is 0.336 e. The first-order valence-corrected chi connectivity index (χ1v) is 9.93. The van der Waals surface area contributed by atoms with Gasteiger partial charge in [-0.2, -0.15) is 0 Å². The molecule has 178 valence electrons. The van der Waals surface area contributed by atoms with Crippen LogP contribution in [0.4, 0.5) is 0 Å². The number of ether oxygens (including phenoxy) is 1. The van der Waals surface area contributed by atoms with Crippen LogP contribution in [-0.2, 0) is 46.3 Å². The van der Waals surface area contributed by atoms with Crippen LogP contribution >= 0.6 is 0 Å². The molecule has 0 bridgehead atoms. The molecule has 0 radical (unpaired) electrons. The lowest BCUT2D eigenvalue weighted by atomic mass is 10.0. The minimum Gasteiger partial charge on any atom is -0.469 e. The fourth-order valence-corrected chi connectivity index (χ4v) is 2.67. The normalized spacial score (nSPS) is 14.5. The minimum atomic E-state index is -0.520. The highest BCUT2D eigenvalue weighted by Gasteiger charge is 2.27. The van der Waals surface area contributed by atoms with Crippen molar-refractivity contribution in [1.82, 2.24) is 10.6 Å². The second-order valence-corrected chi connectivity index (χ2v) is 6.81. The van der Waals surface area contributed by atoms with Crippen molar-refractivity contribution >= 4 is 41.2 Å². The van der Waals surface area contributed by atoms with Gasteiger partial charge in [0, 0.05) is 12.5 Å². The third-order valence-corrected chi connectivity index (χ3v) is 4.26. The van der Waals surface area contributed by atoms with Crippen molar-refractivity contribution in [3.63, 3.8) is 0 Å². The molecule has 33 heavy (non-hydrogen) atoms. The van der Waals surface area contributed by atoms with Gasteiger partial charge < -0.3 is 9.15 Å². The van der Waals surface area contributed by atoms with Gasteiger partial charge in [0.1, 0.15) is 18.0 Å². The van der Waals surface area contributed by atoms with Crippen LogP contribution in [0, 0.1) is 0 Å². The summed E-state index contributed by atoms with van der Waals surface area (Å²) in [6.45, 7) is 3.55. The van der Waals surface area contributed by atoms with Crippen molar-refractivity contribution in [2.24, 2.45) is 0 Å². The lowest BCUT2D eigenvalue weighted by Crippen LogP contribution is -2.38. The molecule has 2 aliphatic rings. The van der Waals surface area contributed by atoms with Gasteiger partial charge in [-0.3, -0.25) is 44.2 Å². The average molecular weight is 464 g/mol. The molecule has 12 heteroatoms. The number of imide groups is 2. The summed E-state index contributed by atoms with van der Waals surface area (Å²) < 4.78 is 9.11. The van der Waals surface area contributed by atoms with Gasteiger partial charge in [0.2, 0.25) is 17.7 Å². The maximum absolute atomic E-state index is 11.5. The fraction of sp³-hybridized carbons (Fsp3) is 0.429. The van der Waals surface area contributed by atoms with Crippen LogP contribution in [0.15, 0.2) is 15.3 Å². The van der Waals surface area contributed by atoms with Gasteiger partial charge in [-0.1, -0.05) is 13.8 Å². The molecule has 2 N–H and O–H groups in total. The van der Waals surface area contributed by atoms with Gasteiger partial charge in [0.05, 0.1) is 31.9 Å². The van der Waals surface area contributed by atoms with Crippen molar-refractivity contribution < 1.29 is 42.7 Å². The first-order valence-electron chi connectivity index (χ1n) is 9.93. The van der Waals surface area contributed by atoms with E-state index < -0.39 is 35.2 Å². The Labute approximate surface area is 188 Å². The van der Waals surface area contributed by atoms with E-state index in [1.54, 1.807) is 6.92 Å². The highest BCUT2D eigenvalue weighted by molar-refractivity contribution is 6.16. The molecule has 1 saturated heterocycles. The Bertz CT molecular complexity index is 979. The van der Waals surface area contributed by atoms with E-state index in [2.05, 4.69) is 10.1 Å². The molecule has 0 aliphatic carbocycles. The molecular formula is C21H24N2O10. The van der Waals surface area contributed by atoms with E-state index in [0.29, 0.717) is 24.0 Å². The van der Waals surface area contributed by atoms with Gasteiger partial charge in [-0.05, 0) is 12.0 Å². The number of aryl methyl sites for hydroxylation is 1. The SMILES string of the molecule is CCC(=O)CC(=O)OC.CCc1cc(=O)oc2c1C(=O)NC(=O)C2.O=C1CC(=O)NC(=O)C1. The lowest BCUT2D eigenvalue weighted by molar-refractivity contribution is -0.144. The maximum Gasteiger partial charge on any atom is 0.336 e. The number of Topliss-reactive ketones (excluding diaryl/α,β-unsaturated/α-hetero) is 2. The van der Waals surface area contributed by atoms with E-state index in [1.165, 1.54) is 13.2 Å². The number of carbonyl (C=O) groups excluding carboxylic acids is 7. The van der Waals surface area contributed by atoms with Crippen LogP contribution in [0.5, 0.6) is 0 Å². The predicted octanol–water partition coefficient (Wildman–Crippen LogP) is -0.465. The Balaban J connectivity index is 0.000000264. The van der Waals surface area contributed by atoms with Crippen molar-refractivity contribution in [1.29, 1.82) is 0 Å². The zero-order valence-corrected chi connectivity index (χ0v) is 18.4. The van der Waals surface area contributed by atoms with Gasteiger partial charge >= 0.3 is 11.6 Å². The summed E-state index contributed by atoms with van der Waals surface area (Å²) >= 11 is 0. The van der Waals surface area contributed by atoms with E-state index in [1.807, 2.05) is 12.2 Å². The largest absolute Gasteiger partial charge is 0.469 e. The van der Waals surface area contributed by atoms with Gasteiger partial charge in [0.25, 0.3) is 5.91 Å². The molecule has 0 atom stereocenters. The number of esters is 1. The second-order valence-electron chi connectivity index (χ2n) is 6.81. The molecule has 12 nitrogen and oxygen atoms in total. The van der Waals surface area contributed by atoms with E-state index >= 15 is 0 Å². The molecule has 3 rings (SSSR count). The Morgan fingerprint density at radius 3 is 2.00 bits per heavy atom. The summed E-state index contributed by atoms with van der Waals surface area (Å²) in [5.74, 6) is -2.57. The zero-order chi connectivity index (χ0) is 25.1. The number of piperidine rings is 1. The summed E-state index contributed by atoms with van der Waals surface area (Å²) in [6.07, 6.45) is 0.513. The zero-order valence-electron chi connectivity index (χ0n) is 18.4. The summed E-state index contributed by atoms with van der Waals surface area (Å²) in [4.78, 5) is 85.6. The van der Waals surface area contributed by atoms with Crippen LogP contribution in [-0.4, -0.2) is 48.3 Å². The topological polar surface area (TPSA) is 183 Å². The molecule has 1 aromatic heterocycles. The fourth-order valence-electron chi connectivity index (χ4n) is 2.67. The molecular weight excluding hydrogens is 440 g/mol. The number of amides is 4. The summed E-state index contributed by atoms with van der Waals surface area (Å²) in [6, 6.07) is 1.29. The molecule has 3 heterocycles. The standard InChI is InChI=1S/C10H9NO4.C6H10O3.C5H5NO3/c1-2-5-3-8(13)15-6-4-7(12)11-10(14)9(5)6;1-3-5(7)4-6(8)9-2;7-3-1-4(8)6-5(9)2-3/h3H,2,4H2,1H3,(H,11,12,14);3-4H2,1-2H3;1-2H2,(H,6,8,9). The molecule has 1 fully saturated rings. The third-order valence-electron chi connectivity index (χ3n) is 4.26.